The molecule has 3 aromatic rings. The van der Waals surface area contributed by atoms with Gasteiger partial charge in [-0.3, -0.25) is 0 Å². The van der Waals surface area contributed by atoms with E-state index in [0.717, 1.165) is 39.7 Å². The lowest BCUT2D eigenvalue weighted by Gasteiger charge is -2.09. The topological polar surface area (TPSA) is 39.9 Å². The van der Waals surface area contributed by atoms with Gasteiger partial charge in [0.15, 0.2) is 5.16 Å². The van der Waals surface area contributed by atoms with E-state index in [1.165, 1.54) is 4.88 Å². The summed E-state index contributed by atoms with van der Waals surface area (Å²) in [4.78, 5) is 1.38. The minimum atomic E-state index is 0.792. The van der Waals surface area contributed by atoms with Crippen molar-refractivity contribution in [2.75, 3.05) is 7.11 Å². The summed E-state index contributed by atoms with van der Waals surface area (Å²) in [6, 6.07) is 10.3. The summed E-state index contributed by atoms with van der Waals surface area (Å²) in [7, 11) is 1.70. The molecule has 23 heavy (non-hydrogen) atoms. The summed E-state index contributed by atoms with van der Waals surface area (Å²) in [6.07, 6.45) is 2.80. The van der Waals surface area contributed by atoms with Crippen LogP contribution in [0.4, 0.5) is 0 Å². The van der Waals surface area contributed by atoms with Crippen molar-refractivity contribution in [3.05, 3.63) is 57.0 Å². The molecule has 7 heteroatoms. The number of nitrogens with zero attached hydrogens (tertiary/aromatic N) is 3. The highest BCUT2D eigenvalue weighted by atomic mass is 79.9. The monoisotopic (exact) mass is 409 g/mol. The smallest absolute Gasteiger partial charge is 0.191 e. The Bertz CT molecular complexity index is 759. The Kier molecular flexibility index (Phi) is 5.75. The molecule has 120 valence electrons. The number of aryl methyl sites for hydroxylation is 2. The number of halogens is 1. The van der Waals surface area contributed by atoms with Crippen LogP contribution in [0.2, 0.25) is 0 Å². The van der Waals surface area contributed by atoms with Crippen LogP contribution in [-0.4, -0.2) is 21.9 Å². The van der Waals surface area contributed by atoms with Gasteiger partial charge in [-0.1, -0.05) is 33.8 Å². The third-order valence-corrected chi connectivity index (χ3v) is 5.82. The summed E-state index contributed by atoms with van der Waals surface area (Å²) in [5.74, 6) is 1.69. The minimum Gasteiger partial charge on any atom is -0.496 e. The molecule has 1 aromatic carbocycles. The van der Waals surface area contributed by atoms with Crippen LogP contribution >= 0.6 is 39.0 Å². The molecule has 0 aliphatic rings. The van der Waals surface area contributed by atoms with Crippen LogP contribution in [0.25, 0.3) is 0 Å². The summed E-state index contributed by atoms with van der Waals surface area (Å²) in [6.45, 7) is 0.894. The normalized spacial score (nSPS) is 10.9. The van der Waals surface area contributed by atoms with E-state index in [1.54, 1.807) is 36.5 Å². The maximum absolute atomic E-state index is 5.42. The van der Waals surface area contributed by atoms with E-state index >= 15 is 0 Å². The number of thiophene rings is 1. The second-order valence-electron chi connectivity index (χ2n) is 4.88. The average Bonchev–Trinajstić information content (AvgIpc) is 3.22. The van der Waals surface area contributed by atoms with Gasteiger partial charge >= 0.3 is 0 Å². The third kappa shape index (κ3) is 4.37. The molecule has 0 N–H and O–H groups in total. The zero-order valence-corrected chi connectivity index (χ0v) is 15.8. The fraction of sp³-hybridized carbons (Fsp3) is 0.250. The molecule has 0 unspecified atom stereocenters. The Balaban J connectivity index is 1.65. The van der Waals surface area contributed by atoms with Crippen molar-refractivity contribution in [2.24, 2.45) is 0 Å². The van der Waals surface area contributed by atoms with E-state index in [9.17, 15) is 0 Å². The predicted molar refractivity (Wildman–Crippen MR) is 98.3 cm³/mol. The molecule has 2 aromatic heterocycles. The molecule has 0 saturated carbocycles. The Morgan fingerprint density at radius 3 is 3.04 bits per heavy atom. The van der Waals surface area contributed by atoms with Gasteiger partial charge in [0.05, 0.1) is 7.11 Å². The molecule has 2 heterocycles. The van der Waals surface area contributed by atoms with E-state index in [0.29, 0.717) is 0 Å². The van der Waals surface area contributed by atoms with Crippen molar-refractivity contribution >= 4 is 39.0 Å². The molecule has 4 nitrogen and oxygen atoms in total. The number of hydrogen-bond acceptors (Lipinski definition) is 5. The first-order chi connectivity index (χ1) is 11.3. The third-order valence-electron chi connectivity index (χ3n) is 3.36. The fourth-order valence-electron chi connectivity index (χ4n) is 2.20. The van der Waals surface area contributed by atoms with Gasteiger partial charge < -0.3 is 9.30 Å². The van der Waals surface area contributed by atoms with Crippen LogP contribution in [0.15, 0.2) is 51.7 Å². The van der Waals surface area contributed by atoms with E-state index < -0.39 is 0 Å². The fourth-order valence-corrected chi connectivity index (χ4v) is 4.22. The molecule has 0 spiro atoms. The van der Waals surface area contributed by atoms with E-state index in [-0.39, 0.29) is 0 Å². The second-order valence-corrected chi connectivity index (χ2v) is 7.77. The zero-order chi connectivity index (χ0) is 16.1. The van der Waals surface area contributed by atoms with Gasteiger partial charge in [0.25, 0.3) is 0 Å². The molecular weight excluding hydrogens is 394 g/mol. The Hall–Kier alpha value is -1.31. The van der Waals surface area contributed by atoms with Gasteiger partial charge in [-0.25, -0.2) is 0 Å². The second kappa shape index (κ2) is 7.99. The van der Waals surface area contributed by atoms with Crippen molar-refractivity contribution in [3.63, 3.8) is 0 Å². The molecule has 0 aliphatic heterocycles. The highest BCUT2D eigenvalue weighted by Gasteiger charge is 2.09. The lowest BCUT2D eigenvalue weighted by atomic mass is 10.2. The molecular formula is C16H16BrN3OS2. The number of thioether (sulfide) groups is 1. The predicted octanol–water partition coefficient (Wildman–Crippen LogP) is 4.65. The summed E-state index contributed by atoms with van der Waals surface area (Å²) in [5.41, 5.74) is 1.14. The molecule has 0 saturated heterocycles. The van der Waals surface area contributed by atoms with E-state index in [1.807, 2.05) is 12.1 Å². The largest absolute Gasteiger partial charge is 0.496 e. The molecule has 0 radical (unpaired) electrons. The van der Waals surface area contributed by atoms with E-state index in [4.69, 9.17) is 4.74 Å². The first kappa shape index (κ1) is 16.5. The molecule has 0 aliphatic carbocycles. The maximum atomic E-state index is 5.42. The average molecular weight is 410 g/mol. The standard InChI is InChI=1S/C16H16BrN3OS2/c1-21-15-5-4-13(17)9-12(15)10-23-16-19-18-11-20(16)7-6-14-3-2-8-22-14/h2-5,8-9,11H,6-7,10H2,1H3. The van der Waals surface area contributed by atoms with Crippen molar-refractivity contribution in [1.29, 1.82) is 0 Å². The molecule has 0 fully saturated rings. The van der Waals surface area contributed by atoms with Gasteiger partial charge in [0.1, 0.15) is 12.1 Å². The number of ether oxygens (including phenoxy) is 1. The van der Waals surface area contributed by atoms with E-state index in [2.05, 4.69) is 54.3 Å². The van der Waals surface area contributed by atoms with Crippen molar-refractivity contribution in [1.82, 2.24) is 14.8 Å². The molecule has 0 bridgehead atoms. The van der Waals surface area contributed by atoms with Crippen molar-refractivity contribution in [3.8, 4) is 5.75 Å². The molecule has 0 atom stereocenters. The van der Waals surface area contributed by atoms with Crippen molar-refractivity contribution in [2.45, 2.75) is 23.9 Å². The minimum absolute atomic E-state index is 0.792. The summed E-state index contributed by atoms with van der Waals surface area (Å²) < 4.78 is 8.58. The summed E-state index contributed by atoms with van der Waals surface area (Å²) in [5, 5.41) is 11.3. The lowest BCUT2D eigenvalue weighted by Crippen LogP contribution is -2.01. The zero-order valence-electron chi connectivity index (χ0n) is 12.6. The Morgan fingerprint density at radius 2 is 2.26 bits per heavy atom. The van der Waals surface area contributed by atoms with Crippen LogP contribution in [0.5, 0.6) is 5.75 Å². The lowest BCUT2D eigenvalue weighted by molar-refractivity contribution is 0.411. The number of rotatable bonds is 7. The van der Waals surface area contributed by atoms with Gasteiger partial charge in [-0.2, -0.15) is 0 Å². The maximum Gasteiger partial charge on any atom is 0.191 e. The summed E-state index contributed by atoms with van der Waals surface area (Å²) >= 11 is 6.97. The quantitative estimate of drug-likeness (QED) is 0.532. The SMILES string of the molecule is COc1ccc(Br)cc1CSc1nncn1CCc1cccs1. The Labute approximate surface area is 152 Å². The molecule has 3 rings (SSSR count). The van der Waals surface area contributed by atoms with Crippen LogP contribution in [-0.2, 0) is 18.7 Å². The highest BCUT2D eigenvalue weighted by molar-refractivity contribution is 9.10. The van der Waals surface area contributed by atoms with Gasteiger partial charge in [0.2, 0.25) is 0 Å². The van der Waals surface area contributed by atoms with Gasteiger partial charge in [-0.05, 0) is 36.1 Å². The van der Waals surface area contributed by atoms with Crippen LogP contribution in [0.1, 0.15) is 10.4 Å². The first-order valence-corrected chi connectivity index (χ1v) is 9.77. The first-order valence-electron chi connectivity index (χ1n) is 7.11. The number of methoxy groups -OCH3 is 1. The van der Waals surface area contributed by atoms with Gasteiger partial charge in [0, 0.05) is 27.2 Å². The Morgan fingerprint density at radius 1 is 1.35 bits per heavy atom. The molecule has 0 amide bonds. The number of hydrogen-bond donors (Lipinski definition) is 0. The number of benzene rings is 1. The highest BCUT2D eigenvalue weighted by Crippen LogP contribution is 2.29. The van der Waals surface area contributed by atoms with Crippen LogP contribution < -0.4 is 4.74 Å². The van der Waals surface area contributed by atoms with Crippen molar-refractivity contribution < 1.29 is 4.74 Å². The van der Waals surface area contributed by atoms with Gasteiger partial charge in [-0.15, -0.1) is 21.5 Å². The van der Waals surface area contributed by atoms with Crippen LogP contribution in [0.3, 0.4) is 0 Å². The number of aromatic nitrogens is 3. The van der Waals surface area contributed by atoms with Crippen LogP contribution in [0, 0.1) is 0 Å².